The van der Waals surface area contributed by atoms with Crippen LogP contribution in [0, 0.1) is 0 Å². The monoisotopic (exact) mass is 443 g/mol. The smallest absolute Gasteiger partial charge is 0.362 e. The maximum Gasteiger partial charge on any atom is 0.362 e. The molecule has 2 aromatic carbocycles. The topological polar surface area (TPSA) is 99.6 Å². The zero-order valence-electron chi connectivity index (χ0n) is 15.0. The van der Waals surface area contributed by atoms with E-state index >= 15 is 0 Å². The molecule has 0 fully saturated rings. The maximum atomic E-state index is 12.2. The van der Waals surface area contributed by atoms with E-state index in [9.17, 15) is 19.2 Å². The van der Waals surface area contributed by atoms with Crippen molar-refractivity contribution in [3.63, 3.8) is 0 Å². The molecule has 0 aliphatic rings. The van der Waals surface area contributed by atoms with Crippen molar-refractivity contribution in [2.45, 2.75) is 0 Å². The van der Waals surface area contributed by atoms with E-state index in [4.69, 9.17) is 32.7 Å². The van der Waals surface area contributed by atoms with Crippen LogP contribution < -0.4 is 9.47 Å². The highest BCUT2D eigenvalue weighted by atomic mass is 35.5. The van der Waals surface area contributed by atoms with Crippen LogP contribution in [-0.2, 0) is 0 Å². The van der Waals surface area contributed by atoms with Gasteiger partial charge in [0, 0.05) is 17.3 Å². The van der Waals surface area contributed by atoms with E-state index in [1.807, 2.05) is 0 Å². The maximum absolute atomic E-state index is 12.2. The van der Waals surface area contributed by atoms with Gasteiger partial charge in [0.25, 0.3) is 10.5 Å². The van der Waals surface area contributed by atoms with Gasteiger partial charge >= 0.3 is 11.9 Å². The molecule has 0 bridgehead atoms. The minimum absolute atomic E-state index is 0.0333. The number of aromatic nitrogens is 1. The van der Waals surface area contributed by atoms with Crippen molar-refractivity contribution in [1.82, 2.24) is 4.98 Å². The first-order valence-electron chi connectivity index (χ1n) is 8.33. The van der Waals surface area contributed by atoms with E-state index in [0.717, 1.165) is 0 Å². The first-order chi connectivity index (χ1) is 14.3. The van der Waals surface area contributed by atoms with E-state index in [1.54, 1.807) is 0 Å². The molecule has 3 aromatic rings. The number of hydrogen-bond acceptors (Lipinski definition) is 7. The number of rotatable bonds is 6. The van der Waals surface area contributed by atoms with Crippen LogP contribution in [0.4, 0.5) is 0 Å². The predicted molar refractivity (Wildman–Crippen MR) is 107 cm³/mol. The molecule has 30 heavy (non-hydrogen) atoms. The molecular weight excluding hydrogens is 433 g/mol. The quantitative estimate of drug-likeness (QED) is 0.318. The molecular formula is C21H11Cl2NO6. The number of halogens is 2. The van der Waals surface area contributed by atoms with Gasteiger partial charge in [-0.05, 0) is 83.9 Å². The van der Waals surface area contributed by atoms with Gasteiger partial charge in [-0.3, -0.25) is 9.59 Å². The van der Waals surface area contributed by atoms with Crippen molar-refractivity contribution in [3.05, 3.63) is 89.2 Å². The van der Waals surface area contributed by atoms with Crippen LogP contribution >= 0.6 is 23.2 Å². The van der Waals surface area contributed by atoms with Gasteiger partial charge in [-0.25, -0.2) is 14.6 Å². The third-order valence-corrected chi connectivity index (χ3v) is 4.23. The fourth-order valence-corrected chi connectivity index (χ4v) is 2.52. The zero-order chi connectivity index (χ0) is 21.7. The Morgan fingerprint density at radius 3 is 1.43 bits per heavy atom. The number of hydrogen-bond donors (Lipinski definition) is 0. The Morgan fingerprint density at radius 2 is 1.03 bits per heavy atom. The van der Waals surface area contributed by atoms with Gasteiger partial charge in [-0.15, -0.1) is 0 Å². The van der Waals surface area contributed by atoms with Crippen LogP contribution in [0.25, 0.3) is 0 Å². The van der Waals surface area contributed by atoms with Gasteiger partial charge in [0.1, 0.15) is 17.2 Å². The molecule has 0 aliphatic heterocycles. The van der Waals surface area contributed by atoms with Gasteiger partial charge < -0.3 is 9.47 Å². The highest BCUT2D eigenvalue weighted by Gasteiger charge is 2.14. The van der Waals surface area contributed by atoms with Crippen LogP contribution in [0.5, 0.6) is 11.5 Å². The largest absolute Gasteiger partial charge is 0.423 e. The van der Waals surface area contributed by atoms with Crippen LogP contribution in [0.15, 0.2) is 66.9 Å². The summed E-state index contributed by atoms with van der Waals surface area (Å²) in [4.78, 5) is 50.3. The molecule has 0 atom stereocenters. The fourth-order valence-electron chi connectivity index (χ4n) is 2.27. The normalized spacial score (nSPS) is 10.2. The summed E-state index contributed by atoms with van der Waals surface area (Å²) >= 11 is 10.7. The lowest BCUT2D eigenvalue weighted by Gasteiger charge is -2.06. The Morgan fingerprint density at radius 1 is 0.600 bits per heavy atom. The van der Waals surface area contributed by atoms with Gasteiger partial charge in [0.15, 0.2) is 0 Å². The van der Waals surface area contributed by atoms with Crippen LogP contribution in [0.3, 0.4) is 0 Å². The number of carbonyl (C=O) groups excluding carboxylic acids is 4. The summed E-state index contributed by atoms with van der Waals surface area (Å²) in [6.07, 6.45) is 1.17. The van der Waals surface area contributed by atoms with Gasteiger partial charge in [0.05, 0.1) is 5.56 Å². The second-order valence-electron chi connectivity index (χ2n) is 5.81. The average molecular weight is 444 g/mol. The molecule has 3 rings (SSSR count). The van der Waals surface area contributed by atoms with Crippen LogP contribution in [0.1, 0.15) is 41.6 Å². The molecule has 0 radical (unpaired) electrons. The van der Waals surface area contributed by atoms with Gasteiger partial charge in [0.2, 0.25) is 0 Å². The van der Waals surface area contributed by atoms with Gasteiger partial charge in [-0.2, -0.15) is 0 Å². The first-order valence-corrected chi connectivity index (χ1v) is 9.09. The molecule has 0 spiro atoms. The molecule has 150 valence electrons. The summed E-state index contributed by atoms with van der Waals surface area (Å²) in [6, 6.07) is 14.0. The number of esters is 2. The SMILES string of the molecule is O=C(Cl)c1ccc(OC(=O)c2ccc(C(=O)Oc3ccc(C(=O)Cl)cc3)nc2)cc1. The zero-order valence-corrected chi connectivity index (χ0v) is 16.5. The highest BCUT2D eigenvalue weighted by molar-refractivity contribution is 6.68. The van der Waals surface area contributed by atoms with Crippen molar-refractivity contribution < 1.29 is 28.7 Å². The van der Waals surface area contributed by atoms with E-state index in [0.29, 0.717) is 0 Å². The summed E-state index contributed by atoms with van der Waals surface area (Å²) < 4.78 is 10.3. The predicted octanol–water partition coefficient (Wildman–Crippen LogP) is 4.28. The number of carbonyl (C=O) groups is 4. The molecule has 0 aliphatic carbocycles. The average Bonchev–Trinajstić information content (AvgIpc) is 2.74. The standard InChI is InChI=1S/C21H11Cl2NO6/c22-18(25)12-1-6-15(7-2-12)29-20(27)14-5-10-17(24-11-14)21(28)30-16-8-3-13(4-9-16)19(23)26/h1-11H. The molecule has 1 heterocycles. The second-order valence-corrected chi connectivity index (χ2v) is 6.49. The van der Waals surface area contributed by atoms with Crippen molar-refractivity contribution in [3.8, 4) is 11.5 Å². The van der Waals surface area contributed by atoms with Crippen LogP contribution in [-0.4, -0.2) is 27.4 Å². The van der Waals surface area contributed by atoms with Crippen molar-refractivity contribution in [1.29, 1.82) is 0 Å². The molecule has 0 amide bonds. The first kappa shape index (κ1) is 21.2. The lowest BCUT2D eigenvalue weighted by atomic mass is 10.2. The third kappa shape index (κ3) is 5.28. The van der Waals surface area contributed by atoms with E-state index < -0.39 is 22.4 Å². The Balaban J connectivity index is 1.63. The second kappa shape index (κ2) is 9.30. The summed E-state index contributed by atoms with van der Waals surface area (Å²) in [5.74, 6) is -1.04. The Bertz CT molecular complexity index is 1020. The summed E-state index contributed by atoms with van der Waals surface area (Å²) in [5.41, 5.74) is 0.606. The summed E-state index contributed by atoms with van der Waals surface area (Å²) in [6.45, 7) is 0. The number of pyridine rings is 1. The molecule has 0 saturated carbocycles. The minimum Gasteiger partial charge on any atom is -0.423 e. The van der Waals surface area contributed by atoms with Crippen molar-refractivity contribution in [2.24, 2.45) is 0 Å². The molecule has 0 N–H and O–H groups in total. The third-order valence-electron chi connectivity index (χ3n) is 3.79. The molecule has 0 saturated heterocycles. The Hall–Kier alpha value is -3.55. The molecule has 7 nitrogen and oxygen atoms in total. The number of nitrogens with zero attached hydrogens (tertiary/aromatic N) is 1. The fraction of sp³-hybridized carbons (Fsp3) is 0. The minimum atomic E-state index is -0.749. The van der Waals surface area contributed by atoms with Gasteiger partial charge in [-0.1, -0.05) is 0 Å². The molecule has 9 heteroatoms. The van der Waals surface area contributed by atoms with Crippen molar-refractivity contribution in [2.75, 3.05) is 0 Å². The number of ether oxygens (including phenoxy) is 2. The lowest BCUT2D eigenvalue weighted by Crippen LogP contribution is -2.13. The summed E-state index contributed by atoms with van der Waals surface area (Å²) in [7, 11) is 0. The van der Waals surface area contributed by atoms with E-state index in [-0.39, 0.29) is 33.9 Å². The van der Waals surface area contributed by atoms with Crippen molar-refractivity contribution >= 4 is 45.6 Å². The Labute approximate surface area is 180 Å². The van der Waals surface area contributed by atoms with E-state index in [2.05, 4.69) is 4.98 Å². The van der Waals surface area contributed by atoms with Crippen LogP contribution in [0.2, 0.25) is 0 Å². The summed E-state index contributed by atoms with van der Waals surface area (Å²) in [5, 5.41) is -1.25. The Kier molecular flexibility index (Phi) is 6.56. The van der Waals surface area contributed by atoms with E-state index in [1.165, 1.54) is 66.9 Å². The molecule has 0 unspecified atom stereocenters. The molecule has 1 aromatic heterocycles. The highest BCUT2D eigenvalue weighted by Crippen LogP contribution is 2.17. The lowest BCUT2D eigenvalue weighted by molar-refractivity contribution is 0.0715. The number of benzene rings is 2.